The van der Waals surface area contributed by atoms with Crippen LogP contribution >= 0.6 is 0 Å². The zero-order valence-electron chi connectivity index (χ0n) is 13.1. The van der Waals surface area contributed by atoms with E-state index < -0.39 is 23.1 Å². The molecule has 5 heteroatoms. The zero-order valence-corrected chi connectivity index (χ0v) is 13.1. The minimum Gasteiger partial charge on any atom is -0.324 e. The third kappa shape index (κ3) is 2.60. The van der Waals surface area contributed by atoms with E-state index in [-0.39, 0.29) is 5.69 Å². The van der Waals surface area contributed by atoms with Crippen LogP contribution < -0.4 is 5.32 Å². The van der Waals surface area contributed by atoms with Crippen molar-refractivity contribution in [3.8, 4) is 0 Å². The number of carbonyl (C=O) groups excluding carboxylic acids is 1. The highest BCUT2D eigenvalue weighted by atomic mass is 19.4. The molecule has 1 amide bonds. The van der Waals surface area contributed by atoms with E-state index in [9.17, 15) is 18.0 Å². The summed E-state index contributed by atoms with van der Waals surface area (Å²) in [5.41, 5.74) is 0.240. The lowest BCUT2D eigenvalue weighted by Crippen LogP contribution is -2.33. The summed E-state index contributed by atoms with van der Waals surface area (Å²) >= 11 is 0. The van der Waals surface area contributed by atoms with Crippen molar-refractivity contribution >= 4 is 17.7 Å². The lowest BCUT2D eigenvalue weighted by atomic mass is 9.78. The number of carbonyl (C=O) groups is 1. The molecule has 3 rings (SSSR count). The average Bonchev–Trinajstić information content (AvgIpc) is 2.78. The molecule has 1 heterocycles. The van der Waals surface area contributed by atoms with E-state index in [2.05, 4.69) is 11.9 Å². The number of anilines is 1. The molecule has 0 aromatic heterocycles. The van der Waals surface area contributed by atoms with E-state index >= 15 is 0 Å². The van der Waals surface area contributed by atoms with Crippen molar-refractivity contribution in [1.29, 1.82) is 0 Å². The highest BCUT2D eigenvalue weighted by molar-refractivity contribution is 6.07. The highest BCUT2D eigenvalue weighted by Gasteiger charge is 2.47. The Morgan fingerprint density at radius 2 is 1.83 bits per heavy atom. The highest BCUT2D eigenvalue weighted by Crippen LogP contribution is 2.46. The molecule has 0 spiro atoms. The molecule has 1 unspecified atom stereocenters. The van der Waals surface area contributed by atoms with Crippen molar-refractivity contribution in [3.63, 3.8) is 0 Å². The van der Waals surface area contributed by atoms with Gasteiger partial charge < -0.3 is 5.32 Å². The fourth-order valence-electron chi connectivity index (χ4n) is 3.11. The first kappa shape index (κ1) is 16.3. The fourth-order valence-corrected chi connectivity index (χ4v) is 3.11. The molecule has 1 aliphatic rings. The number of hydrogen-bond acceptors (Lipinski definition) is 1. The lowest BCUT2D eigenvalue weighted by molar-refractivity contribution is -0.136. The Kier molecular flexibility index (Phi) is 3.74. The molecule has 0 saturated heterocycles. The summed E-state index contributed by atoms with van der Waals surface area (Å²) in [6, 6.07) is 11.4. The minimum absolute atomic E-state index is 0.125. The van der Waals surface area contributed by atoms with Crippen molar-refractivity contribution in [1.82, 2.24) is 0 Å². The average molecular weight is 331 g/mol. The number of rotatable bonds is 3. The first-order chi connectivity index (χ1) is 11.3. The van der Waals surface area contributed by atoms with Gasteiger partial charge >= 0.3 is 6.18 Å². The molecule has 2 aromatic rings. The minimum atomic E-state index is -4.50. The second-order valence-electron chi connectivity index (χ2n) is 6.13. The Hall–Kier alpha value is -2.56. The van der Waals surface area contributed by atoms with E-state index in [1.54, 1.807) is 19.1 Å². The Balaban J connectivity index is 2.03. The Bertz CT molecular complexity index is 808. The predicted octanol–water partition coefficient (Wildman–Crippen LogP) is 4.80. The number of fused-ring (bicyclic) bond motifs is 1. The number of halogens is 3. The molecule has 0 radical (unpaired) electrons. The van der Waals surface area contributed by atoms with E-state index in [1.807, 2.05) is 24.3 Å². The number of amides is 1. The van der Waals surface area contributed by atoms with Gasteiger partial charge in [-0.25, -0.2) is 0 Å². The van der Waals surface area contributed by atoms with Gasteiger partial charge in [-0.15, -0.1) is 0 Å². The monoisotopic (exact) mass is 331 g/mol. The predicted molar refractivity (Wildman–Crippen MR) is 87.7 cm³/mol. The van der Waals surface area contributed by atoms with Crippen molar-refractivity contribution in [2.45, 2.75) is 24.9 Å². The van der Waals surface area contributed by atoms with Crippen LogP contribution in [0.25, 0.3) is 6.08 Å². The van der Waals surface area contributed by atoms with Crippen LogP contribution in [-0.2, 0) is 22.8 Å². The molecule has 2 aromatic carbocycles. The van der Waals surface area contributed by atoms with Crippen LogP contribution in [-0.4, -0.2) is 5.91 Å². The largest absolute Gasteiger partial charge is 0.418 e. The van der Waals surface area contributed by atoms with Crippen molar-refractivity contribution in [3.05, 3.63) is 71.3 Å². The number of alkyl halides is 3. The van der Waals surface area contributed by atoms with Gasteiger partial charge in [0, 0.05) is 0 Å². The van der Waals surface area contributed by atoms with Gasteiger partial charge in [-0.05, 0) is 36.1 Å². The van der Waals surface area contributed by atoms with Gasteiger partial charge in [0.25, 0.3) is 0 Å². The molecular formula is C19H16F3NO. The van der Waals surface area contributed by atoms with Crippen LogP contribution in [0.4, 0.5) is 18.9 Å². The summed E-state index contributed by atoms with van der Waals surface area (Å²) in [6.07, 6.45) is -2.47. The van der Waals surface area contributed by atoms with E-state index in [0.29, 0.717) is 12.0 Å². The maximum absolute atomic E-state index is 13.2. The Labute approximate surface area is 138 Å². The topological polar surface area (TPSA) is 29.1 Å². The molecular weight excluding hydrogens is 315 g/mol. The second-order valence-corrected chi connectivity index (χ2v) is 6.13. The number of nitrogens with one attached hydrogen (secondary N) is 1. The maximum atomic E-state index is 13.2. The quantitative estimate of drug-likeness (QED) is 0.860. The van der Waals surface area contributed by atoms with Crippen LogP contribution in [0.2, 0.25) is 0 Å². The molecule has 0 aliphatic carbocycles. The SMILES string of the molecule is C=Cc1ccc(CC2(C)C(=O)Nc3c(C(F)(F)F)cccc32)cc1. The van der Waals surface area contributed by atoms with Crippen LogP contribution in [0.1, 0.15) is 29.2 Å². The van der Waals surface area contributed by atoms with Gasteiger partial charge in [-0.1, -0.05) is 49.1 Å². The van der Waals surface area contributed by atoms with Gasteiger partial charge in [0.05, 0.1) is 16.7 Å². The summed E-state index contributed by atoms with van der Waals surface area (Å²) in [5, 5.41) is 2.43. The third-order valence-corrected chi connectivity index (χ3v) is 4.48. The fraction of sp³-hybridized carbons (Fsp3) is 0.211. The molecule has 1 atom stereocenters. The van der Waals surface area contributed by atoms with Gasteiger partial charge in [0.1, 0.15) is 0 Å². The number of benzene rings is 2. The molecule has 0 bridgehead atoms. The van der Waals surface area contributed by atoms with Crippen LogP contribution in [0, 0.1) is 0 Å². The molecule has 1 aliphatic heterocycles. The number of hydrogen-bond donors (Lipinski definition) is 1. The summed E-state index contributed by atoms with van der Waals surface area (Å²) < 4.78 is 39.5. The van der Waals surface area contributed by atoms with E-state index in [1.165, 1.54) is 6.07 Å². The second kappa shape index (κ2) is 5.51. The smallest absolute Gasteiger partial charge is 0.324 e. The van der Waals surface area contributed by atoms with Crippen LogP contribution in [0.15, 0.2) is 49.0 Å². The van der Waals surface area contributed by atoms with Crippen molar-refractivity contribution in [2.24, 2.45) is 0 Å². The standard InChI is InChI=1S/C19H16F3NO/c1-3-12-7-9-13(10-8-12)11-18(2)14-5-4-6-15(19(20,21)22)16(14)23-17(18)24/h3-10H,1,11H2,2H3,(H,23,24). The lowest BCUT2D eigenvalue weighted by Gasteiger charge is -2.22. The normalized spacial score (nSPS) is 19.8. The summed E-state index contributed by atoms with van der Waals surface area (Å²) in [4.78, 5) is 12.5. The maximum Gasteiger partial charge on any atom is 0.418 e. The first-order valence-electron chi connectivity index (χ1n) is 7.49. The Morgan fingerprint density at radius 3 is 2.42 bits per heavy atom. The van der Waals surface area contributed by atoms with Gasteiger partial charge in [-0.3, -0.25) is 4.79 Å². The van der Waals surface area contributed by atoms with Crippen molar-refractivity contribution in [2.75, 3.05) is 5.32 Å². The molecule has 0 saturated carbocycles. The number of para-hydroxylation sites is 1. The van der Waals surface area contributed by atoms with Crippen LogP contribution in [0.5, 0.6) is 0 Å². The molecule has 0 fully saturated rings. The first-order valence-corrected chi connectivity index (χ1v) is 7.49. The molecule has 124 valence electrons. The Morgan fingerprint density at radius 1 is 1.17 bits per heavy atom. The zero-order chi connectivity index (χ0) is 17.5. The van der Waals surface area contributed by atoms with Gasteiger partial charge in [0.2, 0.25) is 5.91 Å². The third-order valence-electron chi connectivity index (χ3n) is 4.48. The molecule has 24 heavy (non-hydrogen) atoms. The van der Waals surface area contributed by atoms with E-state index in [4.69, 9.17) is 0 Å². The molecule has 1 N–H and O–H groups in total. The summed E-state index contributed by atoms with van der Waals surface area (Å²) in [5.74, 6) is -0.415. The molecule has 2 nitrogen and oxygen atoms in total. The summed E-state index contributed by atoms with van der Waals surface area (Å²) in [7, 11) is 0. The summed E-state index contributed by atoms with van der Waals surface area (Å²) in [6.45, 7) is 5.36. The van der Waals surface area contributed by atoms with Gasteiger partial charge in [-0.2, -0.15) is 13.2 Å². The van der Waals surface area contributed by atoms with E-state index in [0.717, 1.165) is 17.2 Å². The van der Waals surface area contributed by atoms with Crippen molar-refractivity contribution < 1.29 is 18.0 Å². The van der Waals surface area contributed by atoms with Crippen LogP contribution in [0.3, 0.4) is 0 Å². The van der Waals surface area contributed by atoms with Gasteiger partial charge in [0.15, 0.2) is 0 Å².